The number of carbonyl (C=O) groups excluding carboxylic acids is 1. The molecule has 0 spiro atoms. The molecule has 0 saturated heterocycles. The number of nitrogens with one attached hydrogen (secondary N) is 1. The van der Waals surface area contributed by atoms with Gasteiger partial charge in [0.05, 0.1) is 12.2 Å². The number of thiazole rings is 1. The van der Waals surface area contributed by atoms with Gasteiger partial charge in [0.1, 0.15) is 17.4 Å². The molecule has 0 atom stereocenters. The maximum atomic E-state index is 13.0. The highest BCUT2D eigenvalue weighted by Gasteiger charge is 2.31. The number of carbonyl (C=O) groups is 1. The number of alkyl halides is 3. The van der Waals surface area contributed by atoms with Gasteiger partial charge in [0.25, 0.3) is 5.91 Å². The summed E-state index contributed by atoms with van der Waals surface area (Å²) >= 11 is 7.17. The van der Waals surface area contributed by atoms with E-state index in [0.717, 1.165) is 42.1 Å². The topological polar surface area (TPSA) is 75.0 Å². The van der Waals surface area contributed by atoms with Gasteiger partial charge in [-0.05, 0) is 54.0 Å². The third kappa shape index (κ3) is 8.89. The normalized spacial score (nSPS) is 11.7. The summed E-state index contributed by atoms with van der Waals surface area (Å²) < 4.78 is 44.8. The lowest BCUT2D eigenvalue weighted by molar-refractivity contribution is -0.137. The van der Waals surface area contributed by atoms with Crippen molar-refractivity contribution in [1.82, 2.24) is 4.98 Å². The number of nitrogens with zero attached hydrogens (tertiary/aromatic N) is 2. The van der Waals surface area contributed by atoms with Crippen LogP contribution in [0.25, 0.3) is 6.08 Å². The largest absolute Gasteiger partial charge is 0.494 e. The van der Waals surface area contributed by atoms with E-state index in [1.807, 2.05) is 6.07 Å². The number of rotatable bonds is 12. The van der Waals surface area contributed by atoms with Crippen LogP contribution in [0.15, 0.2) is 54.2 Å². The van der Waals surface area contributed by atoms with Gasteiger partial charge in [-0.15, -0.1) is 11.3 Å². The quantitative estimate of drug-likeness (QED) is 0.137. The van der Waals surface area contributed by atoms with Crippen molar-refractivity contribution in [3.63, 3.8) is 0 Å². The summed E-state index contributed by atoms with van der Waals surface area (Å²) in [6, 6.07) is 12.1. The van der Waals surface area contributed by atoms with Gasteiger partial charge in [-0.2, -0.15) is 18.4 Å². The number of aromatic nitrogens is 1. The number of hydrogen-bond donors (Lipinski definition) is 1. The number of anilines is 1. The summed E-state index contributed by atoms with van der Waals surface area (Å²) in [6.45, 7) is 2.81. The zero-order valence-electron chi connectivity index (χ0n) is 20.8. The first-order chi connectivity index (χ1) is 18.2. The summed E-state index contributed by atoms with van der Waals surface area (Å²) in [5.41, 5.74) is 0.0450. The summed E-state index contributed by atoms with van der Waals surface area (Å²) in [6.07, 6.45) is 4.31. The highest BCUT2D eigenvalue weighted by Crippen LogP contribution is 2.33. The Hall–Kier alpha value is -3.35. The first kappa shape index (κ1) is 29.2. The van der Waals surface area contributed by atoms with Crippen LogP contribution in [0.3, 0.4) is 0 Å². The maximum absolute atomic E-state index is 13.0. The van der Waals surface area contributed by atoms with Crippen molar-refractivity contribution in [3.05, 3.63) is 80.8 Å². The molecule has 38 heavy (non-hydrogen) atoms. The standard InChI is InChI=1S/C28H27ClF3N3O2S/c1-2-3-4-5-6-13-37-23-10-7-19(8-11-23)14-21(17-33)26(36)35-27-34-18-24(38-27)16-20-15-22(28(30,31)32)9-12-25(20)29/h7-12,14-15,18H,2-6,13,16H2,1H3,(H,34,35,36). The molecule has 0 bridgehead atoms. The van der Waals surface area contributed by atoms with Crippen LogP contribution in [0.1, 0.15) is 60.6 Å². The molecular formula is C28H27ClF3N3O2S. The number of halogens is 4. The van der Waals surface area contributed by atoms with Crippen LogP contribution < -0.4 is 10.1 Å². The highest BCUT2D eigenvalue weighted by atomic mass is 35.5. The van der Waals surface area contributed by atoms with Crippen molar-refractivity contribution in [2.45, 2.75) is 51.6 Å². The van der Waals surface area contributed by atoms with Gasteiger partial charge < -0.3 is 4.74 Å². The summed E-state index contributed by atoms with van der Waals surface area (Å²) in [5, 5.41) is 12.5. The second kappa shape index (κ2) is 14.0. The molecule has 5 nitrogen and oxygen atoms in total. The van der Waals surface area contributed by atoms with Crippen molar-refractivity contribution < 1.29 is 22.7 Å². The highest BCUT2D eigenvalue weighted by molar-refractivity contribution is 7.15. The molecule has 0 unspecified atom stereocenters. The molecule has 1 N–H and O–H groups in total. The van der Waals surface area contributed by atoms with E-state index in [0.29, 0.717) is 22.6 Å². The average Bonchev–Trinajstić information content (AvgIpc) is 3.32. The molecule has 0 aliphatic carbocycles. The molecule has 0 saturated carbocycles. The monoisotopic (exact) mass is 561 g/mol. The van der Waals surface area contributed by atoms with Crippen LogP contribution >= 0.6 is 22.9 Å². The lowest BCUT2D eigenvalue weighted by Gasteiger charge is -2.09. The average molecular weight is 562 g/mol. The predicted octanol–water partition coefficient (Wildman–Crippen LogP) is 8.30. The third-order valence-corrected chi connectivity index (χ3v) is 6.87. The minimum atomic E-state index is -4.48. The van der Waals surface area contributed by atoms with Crippen LogP contribution in [0.2, 0.25) is 5.02 Å². The molecule has 0 aliphatic rings. The van der Waals surface area contributed by atoms with Crippen molar-refractivity contribution in [3.8, 4) is 11.8 Å². The van der Waals surface area contributed by atoms with E-state index < -0.39 is 17.6 Å². The van der Waals surface area contributed by atoms with Gasteiger partial charge in [0.15, 0.2) is 5.13 Å². The molecule has 0 aliphatic heterocycles. The second-order valence-corrected chi connectivity index (χ2v) is 10.1. The Morgan fingerprint density at radius 2 is 1.89 bits per heavy atom. The van der Waals surface area contributed by atoms with E-state index in [9.17, 15) is 23.2 Å². The van der Waals surface area contributed by atoms with E-state index in [-0.39, 0.29) is 22.1 Å². The fourth-order valence-corrected chi connectivity index (χ4v) is 4.57. The van der Waals surface area contributed by atoms with E-state index in [2.05, 4.69) is 17.2 Å². The van der Waals surface area contributed by atoms with Crippen LogP contribution in [-0.2, 0) is 17.4 Å². The minimum absolute atomic E-state index is 0.115. The van der Waals surface area contributed by atoms with Crippen LogP contribution in [0.5, 0.6) is 5.75 Å². The minimum Gasteiger partial charge on any atom is -0.494 e. The van der Waals surface area contributed by atoms with Crippen molar-refractivity contribution >= 4 is 40.1 Å². The Morgan fingerprint density at radius 3 is 2.58 bits per heavy atom. The number of benzene rings is 2. The maximum Gasteiger partial charge on any atom is 0.416 e. The number of ether oxygens (including phenoxy) is 1. The first-order valence-electron chi connectivity index (χ1n) is 12.2. The molecule has 1 aromatic heterocycles. The van der Waals surface area contributed by atoms with Gasteiger partial charge in [0.2, 0.25) is 0 Å². The lowest BCUT2D eigenvalue weighted by Crippen LogP contribution is -2.13. The molecule has 200 valence electrons. The fourth-order valence-electron chi connectivity index (χ4n) is 3.56. The second-order valence-electron chi connectivity index (χ2n) is 8.57. The summed E-state index contributed by atoms with van der Waals surface area (Å²) in [4.78, 5) is 17.3. The Labute approximate surface area is 228 Å². The van der Waals surface area contributed by atoms with E-state index in [1.54, 1.807) is 24.3 Å². The van der Waals surface area contributed by atoms with Gasteiger partial charge in [0, 0.05) is 22.5 Å². The third-order valence-electron chi connectivity index (χ3n) is 5.58. The fraction of sp³-hybridized carbons (Fsp3) is 0.321. The SMILES string of the molecule is CCCCCCCOc1ccc(C=C(C#N)C(=O)Nc2ncc(Cc3cc(C(F)(F)F)ccc3Cl)s2)cc1. The number of unbranched alkanes of at least 4 members (excludes halogenated alkanes) is 4. The zero-order chi connectivity index (χ0) is 27.5. The smallest absolute Gasteiger partial charge is 0.416 e. The molecule has 3 rings (SSSR count). The van der Waals surface area contributed by atoms with Crippen molar-refractivity contribution in [2.24, 2.45) is 0 Å². The lowest BCUT2D eigenvalue weighted by atomic mass is 10.1. The van der Waals surface area contributed by atoms with Gasteiger partial charge in [-0.25, -0.2) is 4.98 Å². The molecule has 1 heterocycles. The van der Waals surface area contributed by atoms with Gasteiger partial charge in [-0.3, -0.25) is 10.1 Å². The van der Waals surface area contributed by atoms with Gasteiger partial charge in [-0.1, -0.05) is 56.3 Å². The molecule has 1 amide bonds. The molecule has 0 radical (unpaired) electrons. The van der Waals surface area contributed by atoms with E-state index >= 15 is 0 Å². The zero-order valence-corrected chi connectivity index (χ0v) is 22.3. The summed E-state index contributed by atoms with van der Waals surface area (Å²) in [5.74, 6) is 0.0784. The van der Waals surface area contributed by atoms with Crippen molar-refractivity contribution in [2.75, 3.05) is 11.9 Å². The number of hydrogen-bond acceptors (Lipinski definition) is 5. The van der Waals surface area contributed by atoms with E-state index in [4.69, 9.17) is 16.3 Å². The van der Waals surface area contributed by atoms with E-state index in [1.165, 1.54) is 37.6 Å². The van der Waals surface area contributed by atoms with Gasteiger partial charge >= 0.3 is 6.18 Å². The van der Waals surface area contributed by atoms with Crippen LogP contribution in [0.4, 0.5) is 18.3 Å². The van der Waals surface area contributed by atoms with Crippen LogP contribution in [0, 0.1) is 11.3 Å². The van der Waals surface area contributed by atoms with Crippen LogP contribution in [-0.4, -0.2) is 17.5 Å². The van der Waals surface area contributed by atoms with Crippen molar-refractivity contribution in [1.29, 1.82) is 5.26 Å². The Morgan fingerprint density at radius 1 is 1.16 bits per heavy atom. The molecule has 2 aromatic carbocycles. The number of amides is 1. The molecule has 10 heteroatoms. The first-order valence-corrected chi connectivity index (χ1v) is 13.4. The summed E-state index contributed by atoms with van der Waals surface area (Å²) in [7, 11) is 0. The Kier molecular flexibility index (Phi) is 10.7. The predicted molar refractivity (Wildman–Crippen MR) is 144 cm³/mol. The molecule has 0 fully saturated rings. The number of nitriles is 1. The molecule has 3 aromatic rings. The Balaban J connectivity index is 1.58. The Bertz CT molecular complexity index is 1300. The molecular weight excluding hydrogens is 535 g/mol.